The molecule has 0 atom stereocenters. The summed E-state index contributed by atoms with van der Waals surface area (Å²) in [5, 5.41) is 8.99. The highest BCUT2D eigenvalue weighted by Crippen LogP contribution is 2.18. The van der Waals surface area contributed by atoms with Crippen molar-refractivity contribution in [2.45, 2.75) is 33.9 Å². The first-order valence-corrected chi connectivity index (χ1v) is 7.64. The maximum absolute atomic E-state index is 12.0. The summed E-state index contributed by atoms with van der Waals surface area (Å²) in [4.78, 5) is 13.8. The zero-order chi connectivity index (χ0) is 15.2. The molecule has 0 bridgehead atoms. The smallest absolute Gasteiger partial charge is 0.236 e. The summed E-state index contributed by atoms with van der Waals surface area (Å²) in [6, 6.07) is 8.21. The lowest BCUT2D eigenvalue weighted by Gasteiger charge is -2.18. The van der Waals surface area contributed by atoms with Crippen molar-refractivity contribution in [3.63, 3.8) is 0 Å². The van der Waals surface area contributed by atoms with Gasteiger partial charge in [0.2, 0.25) is 5.91 Å². The quantitative estimate of drug-likeness (QED) is 0.848. The second-order valence-electron chi connectivity index (χ2n) is 4.95. The lowest BCUT2D eigenvalue weighted by Crippen LogP contribution is -2.37. The molecule has 0 saturated carbocycles. The average molecular weight is 288 g/mol. The number of hydrogen-bond acceptors (Lipinski definition) is 3. The van der Waals surface area contributed by atoms with Gasteiger partial charge in [-0.1, -0.05) is 18.2 Å². The number of hydrogen-bond donors (Lipinski definition) is 1. The molecule has 1 aromatic heterocycles. The van der Waals surface area contributed by atoms with Crippen LogP contribution in [0, 0.1) is 0 Å². The number of aromatic nitrogens is 2. The molecule has 0 unspecified atom stereocenters. The number of carbonyl (C=O) groups is 1. The third-order valence-corrected chi connectivity index (χ3v) is 3.72. The number of aryl methyl sites for hydroxylation is 1. The van der Waals surface area contributed by atoms with Crippen LogP contribution in [0.5, 0.6) is 0 Å². The average Bonchev–Trinajstić information content (AvgIpc) is 2.87. The Morgan fingerprint density at radius 2 is 1.95 bits per heavy atom. The van der Waals surface area contributed by atoms with Gasteiger partial charge in [0, 0.05) is 31.6 Å². The topological polar surface area (TPSA) is 50.2 Å². The summed E-state index contributed by atoms with van der Waals surface area (Å²) in [5.41, 5.74) is 2.15. The molecule has 0 aliphatic heterocycles. The lowest BCUT2D eigenvalue weighted by molar-refractivity contribution is -0.129. The number of fused-ring (bicyclic) bond motifs is 1. The molecule has 0 aliphatic carbocycles. The van der Waals surface area contributed by atoms with Gasteiger partial charge >= 0.3 is 0 Å². The highest BCUT2D eigenvalue weighted by atomic mass is 16.2. The molecule has 0 spiro atoms. The van der Waals surface area contributed by atoms with Crippen molar-refractivity contribution in [3.8, 4) is 0 Å². The van der Waals surface area contributed by atoms with Gasteiger partial charge in [0.1, 0.15) is 0 Å². The fraction of sp³-hybridized carbons (Fsp3) is 0.500. The summed E-state index contributed by atoms with van der Waals surface area (Å²) >= 11 is 0. The van der Waals surface area contributed by atoms with Crippen LogP contribution in [0.4, 0.5) is 0 Å². The summed E-state index contributed by atoms with van der Waals surface area (Å²) in [6.45, 7) is 9.40. The third kappa shape index (κ3) is 3.42. The molecule has 0 saturated heterocycles. The van der Waals surface area contributed by atoms with Crippen LogP contribution in [-0.4, -0.2) is 40.2 Å². The van der Waals surface area contributed by atoms with Gasteiger partial charge in [-0.3, -0.25) is 9.48 Å². The highest BCUT2D eigenvalue weighted by molar-refractivity contribution is 5.82. The number of amides is 1. The molecule has 5 heteroatoms. The van der Waals surface area contributed by atoms with Crippen molar-refractivity contribution in [1.29, 1.82) is 0 Å². The number of likely N-dealkylation sites (N-methyl/N-ethyl adjacent to an activating group) is 1. The number of benzene rings is 1. The van der Waals surface area contributed by atoms with E-state index in [0.29, 0.717) is 13.1 Å². The molecule has 21 heavy (non-hydrogen) atoms. The van der Waals surface area contributed by atoms with Crippen LogP contribution in [0.3, 0.4) is 0 Å². The Hall–Kier alpha value is -1.88. The zero-order valence-corrected chi connectivity index (χ0v) is 13.1. The predicted molar refractivity (Wildman–Crippen MR) is 85.0 cm³/mol. The van der Waals surface area contributed by atoms with E-state index >= 15 is 0 Å². The summed E-state index contributed by atoms with van der Waals surface area (Å²) < 4.78 is 2.00. The zero-order valence-electron chi connectivity index (χ0n) is 13.1. The number of nitrogens with one attached hydrogen (secondary N) is 1. The molecule has 1 amide bonds. The van der Waals surface area contributed by atoms with E-state index in [-0.39, 0.29) is 5.91 Å². The predicted octanol–water partition coefficient (Wildman–Crippen LogP) is 2.01. The molecule has 5 nitrogen and oxygen atoms in total. The SMILES string of the molecule is CCN(CC)C(=O)CNCc1nn(CC)c2ccccc12. The van der Waals surface area contributed by atoms with Crippen molar-refractivity contribution in [2.75, 3.05) is 19.6 Å². The van der Waals surface area contributed by atoms with E-state index in [1.807, 2.05) is 35.6 Å². The first kappa shape index (κ1) is 15.5. The summed E-state index contributed by atoms with van der Waals surface area (Å²) in [5.74, 6) is 0.138. The Balaban J connectivity index is 2.02. The third-order valence-electron chi connectivity index (χ3n) is 3.72. The highest BCUT2D eigenvalue weighted by Gasteiger charge is 2.11. The normalized spacial score (nSPS) is 11.0. The van der Waals surface area contributed by atoms with E-state index in [9.17, 15) is 4.79 Å². The van der Waals surface area contributed by atoms with Gasteiger partial charge in [0.15, 0.2) is 0 Å². The number of para-hydroxylation sites is 1. The standard InChI is InChI=1S/C16H24N4O/c1-4-19(5-2)16(21)12-17-11-14-13-9-7-8-10-15(13)20(6-3)18-14/h7-10,17H,4-6,11-12H2,1-3H3. The fourth-order valence-corrected chi connectivity index (χ4v) is 2.54. The van der Waals surface area contributed by atoms with Gasteiger partial charge in [-0.2, -0.15) is 5.10 Å². The van der Waals surface area contributed by atoms with E-state index in [0.717, 1.165) is 36.2 Å². The second kappa shape index (κ2) is 7.22. The van der Waals surface area contributed by atoms with Gasteiger partial charge in [-0.25, -0.2) is 0 Å². The van der Waals surface area contributed by atoms with E-state index in [2.05, 4.69) is 29.5 Å². The van der Waals surface area contributed by atoms with Crippen LogP contribution in [0.25, 0.3) is 10.9 Å². The molecule has 1 heterocycles. The summed E-state index contributed by atoms with van der Waals surface area (Å²) in [7, 11) is 0. The lowest BCUT2D eigenvalue weighted by atomic mass is 10.2. The minimum Gasteiger partial charge on any atom is -0.342 e. The molecule has 2 aromatic rings. The second-order valence-corrected chi connectivity index (χ2v) is 4.95. The Kier molecular flexibility index (Phi) is 5.33. The number of carbonyl (C=O) groups excluding carboxylic acids is 1. The van der Waals surface area contributed by atoms with Gasteiger partial charge < -0.3 is 10.2 Å². The fourth-order valence-electron chi connectivity index (χ4n) is 2.54. The van der Waals surface area contributed by atoms with Crippen molar-refractivity contribution >= 4 is 16.8 Å². The van der Waals surface area contributed by atoms with Crippen LogP contribution in [0.1, 0.15) is 26.5 Å². The minimum atomic E-state index is 0.138. The molecule has 0 fully saturated rings. The number of rotatable bonds is 7. The Bertz CT molecular complexity index is 601. The number of nitrogens with zero attached hydrogens (tertiary/aromatic N) is 3. The van der Waals surface area contributed by atoms with Crippen molar-refractivity contribution in [1.82, 2.24) is 20.0 Å². The molecule has 1 aromatic carbocycles. The Morgan fingerprint density at radius 1 is 1.24 bits per heavy atom. The van der Waals surface area contributed by atoms with E-state index < -0.39 is 0 Å². The molecular weight excluding hydrogens is 264 g/mol. The van der Waals surface area contributed by atoms with Crippen LogP contribution in [0.2, 0.25) is 0 Å². The van der Waals surface area contributed by atoms with Crippen LogP contribution in [-0.2, 0) is 17.9 Å². The van der Waals surface area contributed by atoms with Gasteiger partial charge in [-0.05, 0) is 26.8 Å². The van der Waals surface area contributed by atoms with Crippen molar-refractivity contribution < 1.29 is 4.79 Å². The molecule has 114 valence electrons. The van der Waals surface area contributed by atoms with Gasteiger partial charge in [-0.15, -0.1) is 0 Å². The minimum absolute atomic E-state index is 0.138. The van der Waals surface area contributed by atoms with Gasteiger partial charge in [0.05, 0.1) is 17.8 Å². The van der Waals surface area contributed by atoms with Crippen LogP contribution >= 0.6 is 0 Å². The van der Waals surface area contributed by atoms with Crippen molar-refractivity contribution in [2.24, 2.45) is 0 Å². The van der Waals surface area contributed by atoms with Crippen molar-refractivity contribution in [3.05, 3.63) is 30.0 Å². The van der Waals surface area contributed by atoms with Gasteiger partial charge in [0.25, 0.3) is 0 Å². The first-order chi connectivity index (χ1) is 10.2. The van der Waals surface area contributed by atoms with E-state index in [4.69, 9.17) is 0 Å². The van der Waals surface area contributed by atoms with E-state index in [1.54, 1.807) is 0 Å². The molecule has 1 N–H and O–H groups in total. The largest absolute Gasteiger partial charge is 0.342 e. The first-order valence-electron chi connectivity index (χ1n) is 7.64. The Labute approximate surface area is 125 Å². The maximum atomic E-state index is 12.0. The van der Waals surface area contributed by atoms with Crippen LogP contribution < -0.4 is 5.32 Å². The Morgan fingerprint density at radius 3 is 2.62 bits per heavy atom. The maximum Gasteiger partial charge on any atom is 0.236 e. The van der Waals surface area contributed by atoms with E-state index in [1.165, 1.54) is 0 Å². The molecule has 2 rings (SSSR count). The monoisotopic (exact) mass is 288 g/mol. The van der Waals surface area contributed by atoms with Crippen LogP contribution in [0.15, 0.2) is 24.3 Å². The molecule has 0 aliphatic rings. The molecule has 0 radical (unpaired) electrons. The summed E-state index contributed by atoms with van der Waals surface area (Å²) in [6.07, 6.45) is 0. The molecular formula is C16H24N4O.